The average molecular weight is 333 g/mol. The Labute approximate surface area is 133 Å². The molecule has 0 saturated heterocycles. The number of hydrogen-bond donors (Lipinski definition) is 1. The van der Waals surface area contributed by atoms with Crippen LogP contribution in [-0.4, -0.2) is 22.6 Å². The number of rotatable bonds is 14. The summed E-state index contributed by atoms with van der Waals surface area (Å²) in [5.74, 6) is 1.22. The Morgan fingerprint density at radius 2 is 1.32 bits per heavy atom. The van der Waals surface area contributed by atoms with Gasteiger partial charge in [-0.2, -0.15) is 11.8 Å². The van der Waals surface area contributed by atoms with Crippen LogP contribution in [0, 0.1) is 0 Å². The van der Waals surface area contributed by atoms with Crippen molar-refractivity contribution < 1.29 is 26.4 Å². The number of thioether (sulfide) groups is 1. The topological polar surface area (TPSA) is 37.3 Å². The van der Waals surface area contributed by atoms with Crippen LogP contribution in [0.15, 0.2) is 0 Å². The van der Waals surface area contributed by atoms with Crippen molar-refractivity contribution in [2.24, 2.45) is 0 Å². The van der Waals surface area contributed by atoms with Gasteiger partial charge in [0.25, 0.3) is 0 Å². The van der Waals surface area contributed by atoms with Gasteiger partial charge in [0.05, 0.1) is 6.42 Å². The molecular weight excluding hydrogens is 303 g/mol. The number of hydrogen-bond acceptors (Lipinski definition) is 2. The SMILES string of the molecule is CCCCCCCCCCCCSCCC(=O)O.[Ni]. The molecular formula is C15H30NiO2S. The van der Waals surface area contributed by atoms with Crippen molar-refractivity contribution in [3.05, 3.63) is 0 Å². The monoisotopic (exact) mass is 332 g/mol. The van der Waals surface area contributed by atoms with Crippen LogP contribution in [0.4, 0.5) is 0 Å². The summed E-state index contributed by atoms with van der Waals surface area (Å²) < 4.78 is 0. The van der Waals surface area contributed by atoms with Crippen LogP contribution in [0.25, 0.3) is 0 Å². The molecule has 0 heterocycles. The second-order valence-electron chi connectivity index (χ2n) is 4.94. The van der Waals surface area contributed by atoms with E-state index in [0.717, 1.165) is 11.5 Å². The van der Waals surface area contributed by atoms with Crippen LogP contribution in [0.3, 0.4) is 0 Å². The molecule has 0 saturated carbocycles. The van der Waals surface area contributed by atoms with Crippen LogP contribution < -0.4 is 0 Å². The fourth-order valence-electron chi connectivity index (χ4n) is 1.95. The summed E-state index contributed by atoms with van der Waals surface area (Å²) in [5, 5.41) is 8.48. The first-order valence-corrected chi connectivity index (χ1v) is 8.72. The Morgan fingerprint density at radius 1 is 0.842 bits per heavy atom. The molecule has 0 rings (SSSR count). The summed E-state index contributed by atoms with van der Waals surface area (Å²) in [6.07, 6.45) is 14.0. The van der Waals surface area contributed by atoms with E-state index in [9.17, 15) is 4.79 Å². The van der Waals surface area contributed by atoms with E-state index in [1.807, 2.05) is 0 Å². The Balaban J connectivity index is 0. The van der Waals surface area contributed by atoms with E-state index in [1.54, 1.807) is 11.8 Å². The summed E-state index contributed by atoms with van der Waals surface area (Å²) in [6, 6.07) is 0. The molecule has 0 aromatic rings. The molecule has 0 amide bonds. The average Bonchev–Trinajstić information content (AvgIpc) is 2.34. The van der Waals surface area contributed by atoms with Crippen LogP contribution in [0.2, 0.25) is 0 Å². The Kier molecular flexibility index (Phi) is 20.8. The van der Waals surface area contributed by atoms with Gasteiger partial charge in [0.2, 0.25) is 0 Å². The molecule has 0 aliphatic rings. The maximum atomic E-state index is 10.3. The third-order valence-electron chi connectivity index (χ3n) is 3.10. The first-order chi connectivity index (χ1) is 8.77. The van der Waals surface area contributed by atoms with Crippen molar-refractivity contribution in [1.29, 1.82) is 0 Å². The van der Waals surface area contributed by atoms with Crippen molar-refractivity contribution >= 4 is 17.7 Å². The normalized spacial score (nSPS) is 10.2. The largest absolute Gasteiger partial charge is 0.481 e. The van der Waals surface area contributed by atoms with Gasteiger partial charge in [0.1, 0.15) is 0 Å². The van der Waals surface area contributed by atoms with Gasteiger partial charge in [-0.3, -0.25) is 4.79 Å². The van der Waals surface area contributed by atoms with E-state index < -0.39 is 5.97 Å². The van der Waals surface area contributed by atoms with E-state index in [4.69, 9.17) is 5.11 Å². The van der Waals surface area contributed by atoms with Gasteiger partial charge in [-0.15, -0.1) is 0 Å². The molecule has 1 N–H and O–H groups in total. The predicted octanol–water partition coefficient (Wildman–Crippen LogP) is 5.11. The fraction of sp³-hybridized carbons (Fsp3) is 0.933. The van der Waals surface area contributed by atoms with Gasteiger partial charge in [-0.05, 0) is 12.2 Å². The maximum Gasteiger partial charge on any atom is 0.304 e. The second-order valence-corrected chi connectivity index (χ2v) is 6.16. The van der Waals surface area contributed by atoms with Crippen molar-refractivity contribution in [2.45, 2.75) is 77.6 Å². The third kappa shape index (κ3) is 20.8. The van der Waals surface area contributed by atoms with Crippen LogP contribution in [0.5, 0.6) is 0 Å². The van der Waals surface area contributed by atoms with E-state index in [-0.39, 0.29) is 16.5 Å². The summed E-state index contributed by atoms with van der Waals surface area (Å²) in [7, 11) is 0. The maximum absolute atomic E-state index is 10.3. The molecule has 0 aliphatic carbocycles. The zero-order valence-electron chi connectivity index (χ0n) is 12.3. The fourth-order valence-corrected chi connectivity index (χ4v) is 2.88. The van der Waals surface area contributed by atoms with Crippen LogP contribution in [-0.2, 0) is 21.3 Å². The van der Waals surface area contributed by atoms with Gasteiger partial charge in [-0.25, -0.2) is 0 Å². The standard InChI is InChI=1S/C15H30O2S.Ni/c1-2-3-4-5-6-7-8-9-10-11-13-18-14-12-15(16)17;/h2-14H2,1H3,(H,16,17);. The zero-order chi connectivity index (χ0) is 13.5. The first-order valence-electron chi connectivity index (χ1n) is 7.57. The molecule has 0 aliphatic heterocycles. The number of carboxylic acids is 1. The molecule has 118 valence electrons. The van der Waals surface area contributed by atoms with Gasteiger partial charge >= 0.3 is 5.97 Å². The summed E-state index contributed by atoms with van der Waals surface area (Å²) in [4.78, 5) is 10.3. The van der Waals surface area contributed by atoms with Gasteiger partial charge in [0.15, 0.2) is 0 Å². The molecule has 0 radical (unpaired) electrons. The molecule has 0 unspecified atom stereocenters. The van der Waals surface area contributed by atoms with Crippen molar-refractivity contribution in [1.82, 2.24) is 0 Å². The predicted molar refractivity (Wildman–Crippen MR) is 81.4 cm³/mol. The smallest absolute Gasteiger partial charge is 0.304 e. The molecule has 0 aromatic carbocycles. The van der Waals surface area contributed by atoms with E-state index >= 15 is 0 Å². The minimum absolute atomic E-state index is 0. The van der Waals surface area contributed by atoms with Gasteiger partial charge in [-0.1, -0.05) is 64.7 Å². The summed E-state index contributed by atoms with van der Waals surface area (Å²) >= 11 is 1.78. The van der Waals surface area contributed by atoms with E-state index in [1.165, 1.54) is 64.2 Å². The summed E-state index contributed by atoms with van der Waals surface area (Å²) in [6.45, 7) is 2.26. The van der Waals surface area contributed by atoms with Crippen LogP contribution >= 0.6 is 11.8 Å². The quantitative estimate of drug-likeness (QED) is 0.354. The molecule has 0 bridgehead atoms. The van der Waals surface area contributed by atoms with Crippen LogP contribution in [0.1, 0.15) is 77.6 Å². The zero-order valence-corrected chi connectivity index (χ0v) is 14.1. The molecule has 19 heavy (non-hydrogen) atoms. The number of carboxylic acid groups (broad SMARTS) is 1. The van der Waals surface area contributed by atoms with Crippen molar-refractivity contribution in [3.63, 3.8) is 0 Å². The van der Waals surface area contributed by atoms with Gasteiger partial charge < -0.3 is 5.11 Å². The molecule has 4 heteroatoms. The Hall–Kier alpha value is 0.314. The first kappa shape index (κ1) is 21.6. The molecule has 0 fully saturated rings. The van der Waals surface area contributed by atoms with E-state index in [2.05, 4.69) is 6.92 Å². The van der Waals surface area contributed by atoms with E-state index in [0.29, 0.717) is 6.42 Å². The van der Waals surface area contributed by atoms with Crippen molar-refractivity contribution in [2.75, 3.05) is 11.5 Å². The summed E-state index contributed by atoms with van der Waals surface area (Å²) in [5.41, 5.74) is 0. The molecule has 2 nitrogen and oxygen atoms in total. The molecule has 0 spiro atoms. The number of aliphatic carboxylic acids is 1. The van der Waals surface area contributed by atoms with Crippen molar-refractivity contribution in [3.8, 4) is 0 Å². The second kappa shape index (κ2) is 18.3. The molecule has 0 aromatic heterocycles. The third-order valence-corrected chi connectivity index (χ3v) is 4.17. The molecule has 0 atom stereocenters. The Bertz CT molecular complexity index is 189. The number of unbranched alkanes of at least 4 members (excludes halogenated alkanes) is 9. The Morgan fingerprint density at radius 3 is 1.79 bits per heavy atom. The minimum Gasteiger partial charge on any atom is -0.481 e. The minimum atomic E-state index is -0.675. The van der Waals surface area contributed by atoms with Gasteiger partial charge in [0, 0.05) is 22.2 Å². The number of carbonyl (C=O) groups is 1.